The fourth-order valence-corrected chi connectivity index (χ4v) is 2.10. The molecule has 0 saturated heterocycles. The maximum absolute atomic E-state index is 5.18. The van der Waals surface area contributed by atoms with E-state index in [1.54, 1.807) is 32.7 Å². The molecule has 1 unspecified atom stereocenters. The molecule has 15 heavy (non-hydrogen) atoms. The summed E-state index contributed by atoms with van der Waals surface area (Å²) in [5.74, 6) is 0. The number of ether oxygens (including phenoxy) is 3. The van der Waals surface area contributed by atoms with Gasteiger partial charge in [0.15, 0.2) is 0 Å². The van der Waals surface area contributed by atoms with Crippen molar-refractivity contribution in [2.24, 2.45) is 0 Å². The number of hydrogen-bond acceptors (Lipinski definition) is 5. The van der Waals surface area contributed by atoms with Crippen molar-refractivity contribution in [1.82, 2.24) is 4.98 Å². The van der Waals surface area contributed by atoms with Gasteiger partial charge in [0.2, 0.25) is 6.29 Å². The van der Waals surface area contributed by atoms with E-state index in [2.05, 4.69) is 4.98 Å². The zero-order valence-corrected chi connectivity index (χ0v) is 10.3. The van der Waals surface area contributed by atoms with Gasteiger partial charge in [-0.3, -0.25) is 0 Å². The third-order valence-electron chi connectivity index (χ3n) is 2.10. The lowest BCUT2D eigenvalue weighted by atomic mass is 10.3. The van der Waals surface area contributed by atoms with Gasteiger partial charge in [-0.25, -0.2) is 4.98 Å². The van der Waals surface area contributed by atoms with Crippen molar-refractivity contribution >= 4 is 11.3 Å². The SMILES string of the molecule is COC(C)Cc1nc(C(OC)OC)cs1. The van der Waals surface area contributed by atoms with E-state index in [0.29, 0.717) is 0 Å². The first-order valence-electron chi connectivity index (χ1n) is 4.74. The highest BCUT2D eigenvalue weighted by molar-refractivity contribution is 7.09. The van der Waals surface area contributed by atoms with Crippen molar-refractivity contribution in [3.8, 4) is 0 Å². The van der Waals surface area contributed by atoms with E-state index in [0.717, 1.165) is 17.1 Å². The van der Waals surface area contributed by atoms with Gasteiger partial charge in [-0.2, -0.15) is 0 Å². The van der Waals surface area contributed by atoms with E-state index in [-0.39, 0.29) is 12.4 Å². The summed E-state index contributed by atoms with van der Waals surface area (Å²) in [6.07, 6.45) is 0.641. The third kappa shape index (κ3) is 3.53. The molecule has 4 nitrogen and oxygen atoms in total. The van der Waals surface area contributed by atoms with Crippen molar-refractivity contribution < 1.29 is 14.2 Å². The predicted molar refractivity (Wildman–Crippen MR) is 59.0 cm³/mol. The maximum atomic E-state index is 5.18. The van der Waals surface area contributed by atoms with Crippen LogP contribution < -0.4 is 0 Å². The number of hydrogen-bond donors (Lipinski definition) is 0. The van der Waals surface area contributed by atoms with Crippen LogP contribution in [0.4, 0.5) is 0 Å². The molecule has 0 fully saturated rings. The van der Waals surface area contributed by atoms with Crippen LogP contribution in [-0.4, -0.2) is 32.4 Å². The molecule has 0 saturated carbocycles. The molecule has 1 aromatic heterocycles. The zero-order chi connectivity index (χ0) is 11.3. The van der Waals surface area contributed by atoms with E-state index in [4.69, 9.17) is 14.2 Å². The summed E-state index contributed by atoms with van der Waals surface area (Å²) in [6.45, 7) is 2.02. The third-order valence-corrected chi connectivity index (χ3v) is 2.99. The lowest BCUT2D eigenvalue weighted by molar-refractivity contribution is -0.108. The maximum Gasteiger partial charge on any atom is 0.201 e. The van der Waals surface area contributed by atoms with Crippen LogP contribution in [0, 0.1) is 0 Å². The molecule has 0 aliphatic rings. The minimum absolute atomic E-state index is 0.188. The Kier molecular flexibility index (Phi) is 5.17. The molecule has 0 radical (unpaired) electrons. The van der Waals surface area contributed by atoms with Crippen molar-refractivity contribution in [3.05, 3.63) is 16.1 Å². The summed E-state index contributed by atoms with van der Waals surface area (Å²) in [5, 5.41) is 2.99. The second-order valence-corrected chi connectivity index (χ2v) is 4.16. The van der Waals surface area contributed by atoms with Gasteiger partial charge in [-0.1, -0.05) is 0 Å². The van der Waals surface area contributed by atoms with E-state index in [9.17, 15) is 0 Å². The fraction of sp³-hybridized carbons (Fsp3) is 0.700. The van der Waals surface area contributed by atoms with Gasteiger partial charge in [0.05, 0.1) is 11.1 Å². The Morgan fingerprint density at radius 2 is 1.93 bits per heavy atom. The Morgan fingerprint density at radius 1 is 1.27 bits per heavy atom. The van der Waals surface area contributed by atoms with Gasteiger partial charge in [-0.05, 0) is 6.92 Å². The molecule has 0 aliphatic heterocycles. The van der Waals surface area contributed by atoms with Crippen LogP contribution in [-0.2, 0) is 20.6 Å². The average molecular weight is 231 g/mol. The second kappa shape index (κ2) is 6.17. The van der Waals surface area contributed by atoms with E-state index >= 15 is 0 Å². The average Bonchev–Trinajstić information content (AvgIpc) is 2.68. The van der Waals surface area contributed by atoms with Crippen LogP contribution in [0.2, 0.25) is 0 Å². The van der Waals surface area contributed by atoms with Crippen molar-refractivity contribution in [3.63, 3.8) is 0 Å². The van der Waals surface area contributed by atoms with Crippen LogP contribution in [0.25, 0.3) is 0 Å². The second-order valence-electron chi connectivity index (χ2n) is 3.22. The molecule has 0 spiro atoms. The van der Waals surface area contributed by atoms with E-state index < -0.39 is 0 Å². The molecule has 1 atom stereocenters. The summed E-state index contributed by atoms with van der Waals surface area (Å²) in [5.41, 5.74) is 0.823. The lowest BCUT2D eigenvalue weighted by Crippen LogP contribution is -2.09. The molecular weight excluding hydrogens is 214 g/mol. The first kappa shape index (κ1) is 12.6. The topological polar surface area (TPSA) is 40.6 Å². The van der Waals surface area contributed by atoms with Crippen molar-refractivity contribution in [2.75, 3.05) is 21.3 Å². The Labute approximate surface area is 94.2 Å². The standard InChI is InChI=1S/C10H17NO3S/c1-7(12-2)5-9-11-8(6-15-9)10(13-3)14-4/h6-7,10H,5H2,1-4H3. The Morgan fingerprint density at radius 3 is 2.47 bits per heavy atom. The quantitative estimate of drug-likeness (QED) is 0.702. The minimum atomic E-state index is -0.368. The van der Waals surface area contributed by atoms with Crippen molar-refractivity contribution in [1.29, 1.82) is 0 Å². The normalized spacial score (nSPS) is 13.4. The van der Waals surface area contributed by atoms with Crippen LogP contribution in [0.1, 0.15) is 23.9 Å². The van der Waals surface area contributed by atoms with Gasteiger partial charge in [-0.15, -0.1) is 11.3 Å². The highest BCUT2D eigenvalue weighted by atomic mass is 32.1. The monoisotopic (exact) mass is 231 g/mol. The summed E-state index contributed by atoms with van der Waals surface area (Å²) in [6, 6.07) is 0. The molecule has 1 aromatic rings. The smallest absolute Gasteiger partial charge is 0.201 e. The van der Waals surface area contributed by atoms with Gasteiger partial charge in [0.1, 0.15) is 5.69 Å². The summed E-state index contributed by atoms with van der Waals surface area (Å²) in [7, 11) is 4.90. The molecular formula is C10H17NO3S. The highest BCUT2D eigenvalue weighted by Crippen LogP contribution is 2.21. The first-order chi connectivity index (χ1) is 7.21. The molecule has 0 aliphatic carbocycles. The molecule has 1 rings (SSSR count). The van der Waals surface area contributed by atoms with E-state index in [1.807, 2.05) is 12.3 Å². The van der Waals surface area contributed by atoms with Gasteiger partial charge in [0.25, 0.3) is 0 Å². The Balaban J connectivity index is 2.63. The van der Waals surface area contributed by atoms with Gasteiger partial charge < -0.3 is 14.2 Å². The molecule has 0 bridgehead atoms. The van der Waals surface area contributed by atoms with E-state index in [1.165, 1.54) is 0 Å². The molecule has 0 amide bonds. The molecule has 5 heteroatoms. The molecule has 86 valence electrons. The summed E-state index contributed by atoms with van der Waals surface area (Å²) in [4.78, 5) is 4.43. The number of nitrogens with zero attached hydrogens (tertiary/aromatic N) is 1. The Hall–Kier alpha value is -0.490. The molecule has 0 N–H and O–H groups in total. The summed E-state index contributed by atoms with van der Waals surface area (Å²) < 4.78 is 15.4. The van der Waals surface area contributed by atoms with Crippen LogP contribution in [0.5, 0.6) is 0 Å². The van der Waals surface area contributed by atoms with Gasteiger partial charge >= 0.3 is 0 Å². The predicted octanol–water partition coefficient (Wildman–Crippen LogP) is 2.01. The highest BCUT2D eigenvalue weighted by Gasteiger charge is 2.14. The van der Waals surface area contributed by atoms with Crippen LogP contribution in [0.3, 0.4) is 0 Å². The van der Waals surface area contributed by atoms with Crippen LogP contribution >= 0.6 is 11.3 Å². The molecule has 0 aromatic carbocycles. The van der Waals surface area contributed by atoms with Gasteiger partial charge in [0, 0.05) is 33.1 Å². The Bertz CT molecular complexity index is 286. The fourth-order valence-electron chi connectivity index (χ4n) is 1.19. The number of rotatable bonds is 6. The first-order valence-corrected chi connectivity index (χ1v) is 5.62. The minimum Gasteiger partial charge on any atom is -0.381 e. The zero-order valence-electron chi connectivity index (χ0n) is 9.52. The number of aromatic nitrogens is 1. The largest absolute Gasteiger partial charge is 0.381 e. The lowest BCUT2D eigenvalue weighted by Gasteiger charge is -2.10. The molecule has 1 heterocycles. The summed E-state index contributed by atoms with van der Waals surface area (Å²) >= 11 is 1.60. The van der Waals surface area contributed by atoms with Crippen LogP contribution in [0.15, 0.2) is 5.38 Å². The number of thiazole rings is 1. The number of methoxy groups -OCH3 is 3. The van der Waals surface area contributed by atoms with Crippen molar-refractivity contribution in [2.45, 2.75) is 25.7 Å².